The molecule has 5 rings (SSSR count). The first-order valence-corrected chi connectivity index (χ1v) is 13.2. The van der Waals surface area contributed by atoms with Crippen molar-refractivity contribution in [2.75, 3.05) is 19.7 Å². The molecule has 8 heteroatoms. The van der Waals surface area contributed by atoms with Gasteiger partial charge in [0.05, 0.1) is 19.1 Å². The number of nitrogens with zero attached hydrogens (tertiary/aromatic N) is 1. The molecule has 0 unspecified atom stereocenters. The van der Waals surface area contributed by atoms with E-state index < -0.39 is 24.2 Å². The smallest absolute Gasteiger partial charge is 0.407 e. The van der Waals surface area contributed by atoms with Crippen LogP contribution in [0.15, 0.2) is 78.9 Å². The maximum Gasteiger partial charge on any atom is 0.407 e. The Morgan fingerprint density at radius 1 is 0.923 bits per heavy atom. The van der Waals surface area contributed by atoms with E-state index in [4.69, 9.17) is 14.6 Å². The highest BCUT2D eigenvalue weighted by Crippen LogP contribution is 2.44. The lowest BCUT2D eigenvalue weighted by atomic mass is 9.95. The number of fused-ring (bicyclic) bond motifs is 3. The van der Waals surface area contributed by atoms with Crippen LogP contribution < -0.4 is 5.32 Å². The SMILES string of the molecule is C[C@H](OCc1ccccc1)[C@@H](NC(=O)OCC1c2ccccc2-c2ccccc21)C(=O)N1CC(CC(=O)O)C1. The second-order valence-electron chi connectivity index (χ2n) is 10.2. The fourth-order valence-electron chi connectivity index (χ4n) is 5.37. The zero-order chi connectivity index (χ0) is 27.4. The second kappa shape index (κ2) is 11.7. The van der Waals surface area contributed by atoms with E-state index in [1.54, 1.807) is 11.8 Å². The molecule has 0 radical (unpaired) electrons. The van der Waals surface area contributed by atoms with Crippen molar-refractivity contribution < 1.29 is 29.0 Å². The van der Waals surface area contributed by atoms with E-state index in [0.29, 0.717) is 13.1 Å². The van der Waals surface area contributed by atoms with Crippen molar-refractivity contribution >= 4 is 18.0 Å². The van der Waals surface area contributed by atoms with Crippen LogP contribution in [0.1, 0.15) is 36.0 Å². The maximum atomic E-state index is 13.4. The number of ether oxygens (including phenoxy) is 2. The highest BCUT2D eigenvalue weighted by Gasteiger charge is 2.39. The Bertz CT molecular complexity index is 1290. The van der Waals surface area contributed by atoms with Crippen LogP contribution in [0, 0.1) is 5.92 Å². The predicted molar refractivity (Wildman–Crippen MR) is 145 cm³/mol. The number of carboxylic acids is 1. The summed E-state index contributed by atoms with van der Waals surface area (Å²) in [4.78, 5) is 39.0. The number of hydrogen-bond acceptors (Lipinski definition) is 5. The van der Waals surface area contributed by atoms with Crippen molar-refractivity contribution in [3.8, 4) is 11.1 Å². The molecule has 2 atom stereocenters. The first kappa shape index (κ1) is 26.4. The van der Waals surface area contributed by atoms with Gasteiger partial charge in [-0.1, -0.05) is 78.9 Å². The predicted octanol–water partition coefficient (Wildman–Crippen LogP) is 4.43. The first-order valence-electron chi connectivity index (χ1n) is 13.2. The summed E-state index contributed by atoms with van der Waals surface area (Å²) in [5, 5.41) is 11.8. The van der Waals surface area contributed by atoms with E-state index in [0.717, 1.165) is 27.8 Å². The molecule has 2 aliphatic rings. The largest absolute Gasteiger partial charge is 0.481 e. The van der Waals surface area contributed by atoms with Gasteiger partial charge in [0.1, 0.15) is 12.6 Å². The summed E-state index contributed by atoms with van der Waals surface area (Å²) in [6.45, 7) is 2.81. The Kier molecular flexibility index (Phi) is 7.93. The topological polar surface area (TPSA) is 105 Å². The summed E-state index contributed by atoms with van der Waals surface area (Å²) in [5.41, 5.74) is 5.41. The van der Waals surface area contributed by atoms with Crippen LogP contribution >= 0.6 is 0 Å². The van der Waals surface area contributed by atoms with Crippen LogP contribution in [-0.2, 0) is 25.7 Å². The van der Waals surface area contributed by atoms with Crippen LogP contribution in [0.5, 0.6) is 0 Å². The summed E-state index contributed by atoms with van der Waals surface area (Å²) < 4.78 is 11.7. The number of amides is 2. The average Bonchev–Trinajstić information content (AvgIpc) is 3.24. The van der Waals surface area contributed by atoms with Crippen molar-refractivity contribution in [2.24, 2.45) is 5.92 Å². The monoisotopic (exact) mass is 528 g/mol. The third-order valence-electron chi connectivity index (χ3n) is 7.44. The number of carbonyl (C=O) groups is 3. The van der Waals surface area contributed by atoms with Crippen molar-refractivity contribution in [3.05, 3.63) is 95.6 Å². The number of hydrogen-bond donors (Lipinski definition) is 2. The molecule has 3 aromatic rings. The molecule has 2 N–H and O–H groups in total. The minimum Gasteiger partial charge on any atom is -0.481 e. The minimum atomic E-state index is -0.977. The molecule has 3 aromatic carbocycles. The Balaban J connectivity index is 1.25. The lowest BCUT2D eigenvalue weighted by Crippen LogP contribution is -2.60. The normalized spacial score (nSPS) is 16.0. The average molecular weight is 529 g/mol. The Labute approximate surface area is 227 Å². The van der Waals surface area contributed by atoms with Gasteiger partial charge >= 0.3 is 12.1 Å². The molecule has 1 aliphatic carbocycles. The van der Waals surface area contributed by atoms with Gasteiger partial charge in [-0.15, -0.1) is 0 Å². The third kappa shape index (κ3) is 5.96. The molecule has 0 saturated carbocycles. The molecular formula is C31H32N2O6. The number of benzene rings is 3. The molecule has 1 heterocycles. The zero-order valence-electron chi connectivity index (χ0n) is 21.8. The van der Waals surface area contributed by atoms with E-state index >= 15 is 0 Å². The molecule has 0 bridgehead atoms. The molecular weight excluding hydrogens is 496 g/mol. The molecule has 2 amide bonds. The summed E-state index contributed by atoms with van der Waals surface area (Å²) in [6, 6.07) is 24.8. The second-order valence-corrected chi connectivity index (χ2v) is 10.2. The summed E-state index contributed by atoms with van der Waals surface area (Å²) in [5.74, 6) is -1.40. The molecule has 1 saturated heterocycles. The van der Waals surface area contributed by atoms with Gasteiger partial charge in [-0.05, 0) is 34.7 Å². The van der Waals surface area contributed by atoms with E-state index in [-0.39, 0.29) is 37.4 Å². The molecule has 1 aliphatic heterocycles. The maximum absolute atomic E-state index is 13.4. The number of alkyl carbamates (subject to hydrolysis) is 1. The zero-order valence-corrected chi connectivity index (χ0v) is 21.8. The Morgan fingerprint density at radius 3 is 2.13 bits per heavy atom. The fourth-order valence-corrected chi connectivity index (χ4v) is 5.37. The van der Waals surface area contributed by atoms with Gasteiger partial charge in [0.15, 0.2) is 0 Å². The minimum absolute atomic E-state index is 0.00825. The number of carbonyl (C=O) groups excluding carboxylic acids is 2. The van der Waals surface area contributed by atoms with Crippen molar-refractivity contribution in [1.29, 1.82) is 0 Å². The number of rotatable bonds is 10. The van der Waals surface area contributed by atoms with Gasteiger partial charge in [0.2, 0.25) is 5.91 Å². The van der Waals surface area contributed by atoms with Gasteiger partial charge in [-0.25, -0.2) is 4.79 Å². The van der Waals surface area contributed by atoms with Gasteiger partial charge in [-0.3, -0.25) is 9.59 Å². The van der Waals surface area contributed by atoms with Crippen molar-refractivity contribution in [1.82, 2.24) is 10.2 Å². The summed E-state index contributed by atoms with van der Waals surface area (Å²) in [6.07, 6.45) is -1.33. The van der Waals surface area contributed by atoms with Crippen LogP contribution in [0.25, 0.3) is 11.1 Å². The lowest BCUT2D eigenvalue weighted by molar-refractivity contribution is -0.148. The van der Waals surface area contributed by atoms with E-state index in [1.807, 2.05) is 66.7 Å². The first-order chi connectivity index (χ1) is 18.9. The molecule has 8 nitrogen and oxygen atoms in total. The number of likely N-dealkylation sites (tertiary alicyclic amines) is 1. The van der Waals surface area contributed by atoms with Gasteiger partial charge < -0.3 is 24.8 Å². The summed E-state index contributed by atoms with van der Waals surface area (Å²) in [7, 11) is 0. The van der Waals surface area contributed by atoms with Crippen LogP contribution in [0.2, 0.25) is 0 Å². The standard InChI is InChI=1S/C31H32N2O6/c1-20(38-18-21-9-3-2-4-10-21)29(30(36)33-16-22(17-33)15-28(34)35)32-31(37)39-19-27-25-13-7-5-11-23(25)24-12-6-8-14-26(24)27/h2-14,20,22,27,29H,15-19H2,1H3,(H,32,37)(H,34,35)/t20-,29+/m0/s1. The fraction of sp³-hybridized carbons (Fsp3) is 0.323. The van der Waals surface area contributed by atoms with Crippen LogP contribution in [0.3, 0.4) is 0 Å². The third-order valence-corrected chi connectivity index (χ3v) is 7.44. The quantitative estimate of drug-likeness (QED) is 0.403. The highest BCUT2D eigenvalue weighted by atomic mass is 16.5. The molecule has 1 fully saturated rings. The van der Waals surface area contributed by atoms with E-state index in [2.05, 4.69) is 17.4 Å². The Hall–Kier alpha value is -4.17. The lowest BCUT2D eigenvalue weighted by Gasteiger charge is -2.41. The number of carboxylic acid groups (broad SMARTS) is 1. The van der Waals surface area contributed by atoms with E-state index in [9.17, 15) is 14.4 Å². The molecule has 202 valence electrons. The van der Waals surface area contributed by atoms with Gasteiger partial charge in [0, 0.05) is 24.9 Å². The van der Waals surface area contributed by atoms with Gasteiger partial charge in [-0.2, -0.15) is 0 Å². The summed E-state index contributed by atoms with van der Waals surface area (Å²) >= 11 is 0. The molecule has 0 spiro atoms. The van der Waals surface area contributed by atoms with E-state index in [1.165, 1.54) is 0 Å². The van der Waals surface area contributed by atoms with Crippen molar-refractivity contribution in [2.45, 2.75) is 38.0 Å². The number of nitrogens with one attached hydrogen (secondary N) is 1. The molecule has 0 aromatic heterocycles. The highest BCUT2D eigenvalue weighted by molar-refractivity contribution is 5.87. The van der Waals surface area contributed by atoms with Crippen LogP contribution in [0.4, 0.5) is 4.79 Å². The van der Waals surface area contributed by atoms with Crippen molar-refractivity contribution in [3.63, 3.8) is 0 Å². The molecule has 39 heavy (non-hydrogen) atoms. The number of aliphatic carboxylic acids is 1. The Morgan fingerprint density at radius 2 is 1.51 bits per heavy atom. The van der Waals surface area contributed by atoms with Gasteiger partial charge in [0.25, 0.3) is 0 Å². The van der Waals surface area contributed by atoms with Crippen LogP contribution in [-0.4, -0.2) is 59.8 Å².